The number of aromatic nitrogens is 2. The van der Waals surface area contributed by atoms with Gasteiger partial charge in [-0.25, -0.2) is 8.42 Å². The summed E-state index contributed by atoms with van der Waals surface area (Å²) in [5.74, 6) is 0.953. The normalized spacial score (nSPS) is 27.4. The fraction of sp³-hybridized carbons (Fsp3) is 0.650. The average Bonchev–Trinajstić information content (AvgIpc) is 3.34. The molecular weight excluding hydrogens is 426 g/mol. The molecule has 2 atom stereocenters. The molecule has 3 heterocycles. The van der Waals surface area contributed by atoms with Crippen LogP contribution < -0.4 is 4.72 Å². The standard InChI is InChI=1S/C20H25N3O5S2/c1-11-21-17(28-22-11)16-13-5-7-27-9-14(13)29-18(16)23-30(25,26)10-20-6-4-12(8-15(20)24)19(20,2)3/h12,23H,4-10H2,1-3H3. The predicted molar refractivity (Wildman–Crippen MR) is 112 cm³/mol. The molecule has 2 aromatic heterocycles. The third-order valence-corrected chi connectivity index (χ3v) is 10.0. The Morgan fingerprint density at radius 3 is 2.77 bits per heavy atom. The van der Waals surface area contributed by atoms with Crippen LogP contribution in [0.2, 0.25) is 0 Å². The number of carbonyl (C=O) groups is 1. The summed E-state index contributed by atoms with van der Waals surface area (Å²) in [5, 5.41) is 4.33. The van der Waals surface area contributed by atoms with Gasteiger partial charge in [-0.2, -0.15) is 4.98 Å². The number of aryl methyl sites for hydroxylation is 1. The molecule has 2 bridgehead atoms. The Morgan fingerprint density at radius 1 is 1.33 bits per heavy atom. The van der Waals surface area contributed by atoms with Crippen molar-refractivity contribution in [3.63, 3.8) is 0 Å². The summed E-state index contributed by atoms with van der Waals surface area (Å²) < 4.78 is 40.3. The van der Waals surface area contributed by atoms with Crippen LogP contribution >= 0.6 is 11.3 Å². The first kappa shape index (κ1) is 20.1. The molecule has 2 saturated carbocycles. The van der Waals surface area contributed by atoms with Crippen molar-refractivity contribution in [2.75, 3.05) is 17.1 Å². The van der Waals surface area contributed by atoms with E-state index < -0.39 is 15.4 Å². The van der Waals surface area contributed by atoms with Crippen LogP contribution in [0.3, 0.4) is 0 Å². The molecule has 2 unspecified atom stereocenters. The number of hydrogen-bond donors (Lipinski definition) is 1. The first-order valence-electron chi connectivity index (χ1n) is 10.2. The largest absolute Gasteiger partial charge is 0.376 e. The molecule has 0 amide bonds. The third kappa shape index (κ3) is 2.87. The summed E-state index contributed by atoms with van der Waals surface area (Å²) in [6, 6.07) is 0. The van der Waals surface area contributed by atoms with Crippen molar-refractivity contribution in [2.24, 2.45) is 16.7 Å². The average molecular weight is 452 g/mol. The lowest BCUT2D eigenvalue weighted by molar-refractivity contribution is -0.128. The lowest BCUT2D eigenvalue weighted by atomic mass is 9.70. The topological polar surface area (TPSA) is 111 Å². The molecule has 2 aromatic rings. The number of hydrogen-bond acceptors (Lipinski definition) is 8. The van der Waals surface area contributed by atoms with Crippen molar-refractivity contribution in [2.45, 2.75) is 53.1 Å². The minimum absolute atomic E-state index is 0.0840. The summed E-state index contributed by atoms with van der Waals surface area (Å²) in [7, 11) is -3.78. The number of rotatable bonds is 5. The summed E-state index contributed by atoms with van der Waals surface area (Å²) in [4.78, 5) is 18.1. The zero-order valence-corrected chi connectivity index (χ0v) is 18.9. The maximum absolute atomic E-state index is 13.3. The van der Waals surface area contributed by atoms with Crippen molar-refractivity contribution in [3.05, 3.63) is 16.3 Å². The van der Waals surface area contributed by atoms with Crippen LogP contribution in [0.15, 0.2) is 4.52 Å². The number of sulfonamides is 1. The second-order valence-electron chi connectivity index (χ2n) is 9.19. The minimum Gasteiger partial charge on any atom is -0.376 e. The predicted octanol–water partition coefficient (Wildman–Crippen LogP) is 3.32. The molecule has 0 saturated heterocycles. The van der Waals surface area contributed by atoms with Gasteiger partial charge in [0.1, 0.15) is 10.8 Å². The molecule has 162 valence electrons. The number of ketones is 1. The fourth-order valence-electron chi connectivity index (χ4n) is 5.54. The highest BCUT2D eigenvalue weighted by molar-refractivity contribution is 7.93. The number of ether oxygens (including phenoxy) is 1. The SMILES string of the molecule is Cc1noc(-c2c(NS(=O)(=O)CC34CCC(CC3=O)C4(C)C)sc3c2CCOC3)n1. The molecule has 1 aliphatic heterocycles. The zero-order chi connectivity index (χ0) is 21.3. The summed E-state index contributed by atoms with van der Waals surface area (Å²) in [5.41, 5.74) is 0.503. The molecule has 0 aromatic carbocycles. The second kappa shape index (κ2) is 6.61. The van der Waals surface area contributed by atoms with Gasteiger partial charge in [-0.1, -0.05) is 19.0 Å². The smallest absolute Gasteiger partial charge is 0.261 e. The number of fused-ring (bicyclic) bond motifs is 3. The number of nitrogens with one attached hydrogen (secondary N) is 1. The molecule has 8 nitrogen and oxygen atoms in total. The van der Waals surface area contributed by atoms with Crippen molar-refractivity contribution in [1.82, 2.24) is 10.1 Å². The van der Waals surface area contributed by atoms with Gasteiger partial charge in [-0.05, 0) is 43.1 Å². The zero-order valence-electron chi connectivity index (χ0n) is 17.3. The molecule has 1 N–H and O–H groups in total. The highest BCUT2D eigenvalue weighted by atomic mass is 32.2. The van der Waals surface area contributed by atoms with Gasteiger partial charge in [0.15, 0.2) is 5.82 Å². The first-order valence-corrected chi connectivity index (χ1v) is 12.7. The van der Waals surface area contributed by atoms with Crippen LogP contribution in [-0.4, -0.2) is 36.7 Å². The Bertz CT molecular complexity index is 1130. The number of anilines is 1. The van der Waals surface area contributed by atoms with Gasteiger partial charge in [-0.15, -0.1) is 11.3 Å². The molecular formula is C20H25N3O5S2. The number of thiophene rings is 1. The molecule has 10 heteroatoms. The van der Waals surface area contributed by atoms with E-state index in [1.807, 2.05) is 13.8 Å². The van der Waals surface area contributed by atoms with Gasteiger partial charge in [0, 0.05) is 11.3 Å². The summed E-state index contributed by atoms with van der Waals surface area (Å²) in [6.45, 7) is 6.79. The summed E-state index contributed by atoms with van der Waals surface area (Å²) in [6.07, 6.45) is 2.68. The quantitative estimate of drug-likeness (QED) is 0.742. The van der Waals surface area contributed by atoms with Crippen LogP contribution in [0.4, 0.5) is 5.00 Å². The van der Waals surface area contributed by atoms with Crippen LogP contribution in [0, 0.1) is 23.7 Å². The highest BCUT2D eigenvalue weighted by Gasteiger charge is 2.65. The van der Waals surface area contributed by atoms with E-state index in [-0.39, 0.29) is 22.9 Å². The lowest BCUT2D eigenvalue weighted by Crippen LogP contribution is -2.43. The molecule has 5 rings (SSSR count). The highest BCUT2D eigenvalue weighted by Crippen LogP contribution is 2.64. The van der Waals surface area contributed by atoms with Crippen LogP contribution in [-0.2, 0) is 32.6 Å². The van der Waals surface area contributed by atoms with E-state index >= 15 is 0 Å². The van der Waals surface area contributed by atoms with E-state index in [1.165, 1.54) is 11.3 Å². The van der Waals surface area contributed by atoms with Gasteiger partial charge in [0.25, 0.3) is 5.89 Å². The van der Waals surface area contributed by atoms with E-state index in [9.17, 15) is 13.2 Å². The number of carbonyl (C=O) groups excluding carboxylic acids is 1. The third-order valence-electron chi connectivity index (χ3n) is 7.39. The molecule has 0 radical (unpaired) electrons. The van der Waals surface area contributed by atoms with Gasteiger partial charge < -0.3 is 9.26 Å². The maximum Gasteiger partial charge on any atom is 0.261 e. The Kier molecular flexibility index (Phi) is 4.44. The van der Waals surface area contributed by atoms with E-state index in [2.05, 4.69) is 14.9 Å². The Labute approximate surface area is 179 Å². The van der Waals surface area contributed by atoms with E-state index in [4.69, 9.17) is 9.26 Å². The summed E-state index contributed by atoms with van der Waals surface area (Å²) >= 11 is 1.34. The lowest BCUT2D eigenvalue weighted by Gasteiger charge is -2.36. The monoisotopic (exact) mass is 451 g/mol. The number of nitrogens with zero attached hydrogens (tertiary/aromatic N) is 2. The van der Waals surface area contributed by atoms with Crippen LogP contribution in [0.1, 0.15) is 49.4 Å². The van der Waals surface area contributed by atoms with Crippen molar-refractivity contribution < 1.29 is 22.5 Å². The molecule has 3 aliphatic rings. The molecule has 2 aliphatic carbocycles. The van der Waals surface area contributed by atoms with E-state index in [1.54, 1.807) is 6.92 Å². The molecule has 0 spiro atoms. The second-order valence-corrected chi connectivity index (χ2v) is 12.0. The Morgan fingerprint density at radius 2 is 2.13 bits per heavy atom. The van der Waals surface area contributed by atoms with Crippen molar-refractivity contribution in [3.8, 4) is 11.5 Å². The van der Waals surface area contributed by atoms with E-state index in [0.717, 1.165) is 16.9 Å². The number of Topliss-reactive ketones (excluding diaryl/α,β-unsaturated/α-hetero) is 1. The van der Waals surface area contributed by atoms with Crippen LogP contribution in [0.25, 0.3) is 11.5 Å². The van der Waals surface area contributed by atoms with Crippen molar-refractivity contribution >= 4 is 32.1 Å². The van der Waals surface area contributed by atoms with Gasteiger partial charge in [0.05, 0.1) is 29.9 Å². The van der Waals surface area contributed by atoms with Gasteiger partial charge >= 0.3 is 0 Å². The first-order chi connectivity index (χ1) is 14.1. The Balaban J connectivity index is 1.51. The van der Waals surface area contributed by atoms with E-state index in [0.29, 0.717) is 54.8 Å². The van der Waals surface area contributed by atoms with Gasteiger partial charge in [0.2, 0.25) is 10.0 Å². The molecule has 30 heavy (non-hydrogen) atoms. The fourth-order valence-corrected chi connectivity index (χ4v) is 8.90. The van der Waals surface area contributed by atoms with Gasteiger partial charge in [-0.3, -0.25) is 9.52 Å². The van der Waals surface area contributed by atoms with Crippen LogP contribution in [0.5, 0.6) is 0 Å². The maximum atomic E-state index is 13.3. The Hall–Kier alpha value is -1.78. The minimum atomic E-state index is -3.78. The molecule has 2 fully saturated rings. The van der Waals surface area contributed by atoms with Crippen molar-refractivity contribution in [1.29, 1.82) is 0 Å².